The fourth-order valence-corrected chi connectivity index (χ4v) is 3.40. The van der Waals surface area contributed by atoms with Gasteiger partial charge in [0.05, 0.1) is 30.7 Å². The molecule has 1 aliphatic heterocycles. The van der Waals surface area contributed by atoms with E-state index in [2.05, 4.69) is 10.3 Å². The third-order valence-corrected chi connectivity index (χ3v) is 4.67. The van der Waals surface area contributed by atoms with Crippen LogP contribution < -0.4 is 5.32 Å². The van der Waals surface area contributed by atoms with Gasteiger partial charge < -0.3 is 19.6 Å². The molecule has 1 saturated heterocycles. The van der Waals surface area contributed by atoms with Gasteiger partial charge in [-0.15, -0.1) is 0 Å². The smallest absolute Gasteiger partial charge is 0.305 e. The van der Waals surface area contributed by atoms with E-state index < -0.39 is 11.5 Å². The largest absolute Gasteiger partial charge is 0.481 e. The van der Waals surface area contributed by atoms with E-state index in [0.29, 0.717) is 30.4 Å². The molecule has 0 radical (unpaired) electrons. The van der Waals surface area contributed by atoms with Gasteiger partial charge in [0.15, 0.2) is 0 Å². The van der Waals surface area contributed by atoms with Crippen LogP contribution in [0.3, 0.4) is 0 Å². The maximum Gasteiger partial charge on any atom is 0.305 e. The molecule has 3 rings (SSSR count). The second-order valence-corrected chi connectivity index (χ2v) is 6.69. The zero-order chi connectivity index (χ0) is 17.2. The number of carbonyl (C=O) groups is 2. The summed E-state index contributed by atoms with van der Waals surface area (Å²) in [4.78, 5) is 27.8. The van der Waals surface area contributed by atoms with Crippen molar-refractivity contribution >= 4 is 23.2 Å². The van der Waals surface area contributed by atoms with Gasteiger partial charge in [0.25, 0.3) is 0 Å². The highest BCUT2D eigenvalue weighted by Gasteiger charge is 2.38. The van der Waals surface area contributed by atoms with Crippen molar-refractivity contribution in [1.82, 2.24) is 10.3 Å². The highest BCUT2D eigenvalue weighted by Crippen LogP contribution is 2.25. The van der Waals surface area contributed by atoms with E-state index in [1.165, 1.54) is 0 Å². The van der Waals surface area contributed by atoms with Crippen LogP contribution in [0.1, 0.15) is 24.3 Å². The number of oxazole rings is 1. The van der Waals surface area contributed by atoms with E-state index in [-0.39, 0.29) is 25.4 Å². The summed E-state index contributed by atoms with van der Waals surface area (Å²) in [5.74, 6) is -0.171. The van der Waals surface area contributed by atoms with Crippen LogP contribution in [0.5, 0.6) is 0 Å². The summed E-state index contributed by atoms with van der Waals surface area (Å²) in [6.07, 6.45) is 0.376. The molecule has 1 amide bonds. The predicted molar refractivity (Wildman–Crippen MR) is 86.8 cm³/mol. The Morgan fingerprint density at radius 1 is 1.50 bits per heavy atom. The number of aliphatic carboxylic acids is 1. The van der Waals surface area contributed by atoms with Crippen LogP contribution in [0.15, 0.2) is 21.2 Å². The number of carbonyl (C=O) groups excluding carboxylic acids is 1. The van der Waals surface area contributed by atoms with Crippen LogP contribution >= 0.6 is 11.3 Å². The molecule has 24 heavy (non-hydrogen) atoms. The van der Waals surface area contributed by atoms with Crippen LogP contribution in [-0.4, -0.2) is 40.7 Å². The van der Waals surface area contributed by atoms with E-state index in [0.717, 1.165) is 5.56 Å². The normalized spacial score (nSPS) is 20.2. The van der Waals surface area contributed by atoms with Crippen molar-refractivity contribution in [2.45, 2.75) is 31.7 Å². The monoisotopic (exact) mass is 350 g/mol. The van der Waals surface area contributed by atoms with Crippen molar-refractivity contribution in [3.8, 4) is 11.5 Å². The minimum Gasteiger partial charge on any atom is -0.481 e. The Kier molecular flexibility index (Phi) is 4.68. The molecular weight excluding hydrogens is 332 g/mol. The molecule has 0 aliphatic carbocycles. The summed E-state index contributed by atoms with van der Waals surface area (Å²) in [5, 5.41) is 15.7. The summed E-state index contributed by atoms with van der Waals surface area (Å²) in [7, 11) is 0. The summed E-state index contributed by atoms with van der Waals surface area (Å²) < 4.78 is 10.9. The van der Waals surface area contributed by atoms with Crippen molar-refractivity contribution in [1.29, 1.82) is 0 Å². The third-order valence-electron chi connectivity index (χ3n) is 3.99. The minimum atomic E-state index is -0.960. The Morgan fingerprint density at radius 3 is 2.96 bits per heavy atom. The van der Waals surface area contributed by atoms with Gasteiger partial charge in [-0.1, -0.05) is 0 Å². The molecular formula is C16H18N2O5S. The minimum absolute atomic E-state index is 0.0425. The maximum absolute atomic E-state index is 12.4. The molecule has 2 N–H and O–H groups in total. The standard InChI is InChI=1S/C16H18N2O5S/c1-10-12(17-15(23-10)11-2-5-24-8-11)6-13(19)18-16(7-14(20)21)3-4-22-9-16/h2,5,8H,3-4,6-7,9H2,1H3,(H,18,19)(H,20,21). The second-order valence-electron chi connectivity index (χ2n) is 5.91. The third kappa shape index (κ3) is 3.65. The van der Waals surface area contributed by atoms with Crippen LogP contribution in [0.4, 0.5) is 0 Å². The molecule has 3 heterocycles. The fraction of sp³-hybridized carbons (Fsp3) is 0.438. The van der Waals surface area contributed by atoms with E-state index in [9.17, 15) is 9.59 Å². The van der Waals surface area contributed by atoms with Crippen molar-refractivity contribution in [2.75, 3.05) is 13.2 Å². The van der Waals surface area contributed by atoms with Gasteiger partial charge in [-0.2, -0.15) is 11.3 Å². The lowest BCUT2D eigenvalue weighted by atomic mass is 9.94. The van der Waals surface area contributed by atoms with Crippen LogP contribution in [0.2, 0.25) is 0 Å². The summed E-state index contributed by atoms with van der Waals surface area (Å²) >= 11 is 1.54. The molecule has 1 atom stereocenters. The van der Waals surface area contributed by atoms with Gasteiger partial charge in [0.1, 0.15) is 5.76 Å². The first-order chi connectivity index (χ1) is 11.5. The Hall–Kier alpha value is -2.19. The number of rotatable bonds is 6. The Morgan fingerprint density at radius 2 is 2.33 bits per heavy atom. The number of nitrogens with one attached hydrogen (secondary N) is 1. The highest BCUT2D eigenvalue weighted by atomic mass is 32.1. The van der Waals surface area contributed by atoms with E-state index >= 15 is 0 Å². The first-order valence-corrected chi connectivity index (χ1v) is 8.51. The van der Waals surface area contributed by atoms with Crippen molar-refractivity contribution < 1.29 is 23.8 Å². The Balaban J connectivity index is 1.69. The Labute approximate surface area is 142 Å². The Bertz CT molecular complexity index is 732. The SMILES string of the molecule is Cc1oc(-c2ccsc2)nc1CC(=O)NC1(CC(=O)O)CCOC1. The first-order valence-electron chi connectivity index (χ1n) is 7.57. The van der Waals surface area contributed by atoms with Gasteiger partial charge in [0, 0.05) is 17.6 Å². The zero-order valence-electron chi connectivity index (χ0n) is 13.2. The first kappa shape index (κ1) is 16.7. The number of amides is 1. The molecule has 2 aromatic heterocycles. The zero-order valence-corrected chi connectivity index (χ0v) is 14.0. The number of ether oxygens (including phenoxy) is 1. The number of aromatic nitrogens is 1. The number of aryl methyl sites for hydroxylation is 1. The summed E-state index contributed by atoms with van der Waals surface area (Å²) in [6.45, 7) is 2.42. The van der Waals surface area contributed by atoms with Crippen molar-refractivity contribution in [3.05, 3.63) is 28.3 Å². The average Bonchev–Trinajstić information content (AvgIpc) is 3.21. The van der Waals surface area contributed by atoms with Gasteiger partial charge in [-0.3, -0.25) is 9.59 Å². The van der Waals surface area contributed by atoms with E-state index in [1.54, 1.807) is 18.3 Å². The molecule has 0 spiro atoms. The van der Waals surface area contributed by atoms with Crippen LogP contribution in [0.25, 0.3) is 11.5 Å². The van der Waals surface area contributed by atoms with E-state index in [4.69, 9.17) is 14.3 Å². The second kappa shape index (κ2) is 6.74. The fourth-order valence-electron chi connectivity index (χ4n) is 2.77. The number of nitrogens with zero attached hydrogens (tertiary/aromatic N) is 1. The van der Waals surface area contributed by atoms with E-state index in [1.807, 2.05) is 16.8 Å². The van der Waals surface area contributed by atoms with Gasteiger partial charge in [0.2, 0.25) is 11.8 Å². The number of thiophene rings is 1. The molecule has 0 aromatic carbocycles. The molecule has 8 heteroatoms. The molecule has 0 saturated carbocycles. The molecule has 0 bridgehead atoms. The number of hydrogen-bond donors (Lipinski definition) is 2. The predicted octanol–water partition coefficient (Wildman–Crippen LogP) is 2.00. The van der Waals surface area contributed by atoms with Gasteiger partial charge in [-0.25, -0.2) is 4.98 Å². The molecule has 128 valence electrons. The molecule has 7 nitrogen and oxygen atoms in total. The quantitative estimate of drug-likeness (QED) is 0.826. The summed E-state index contributed by atoms with van der Waals surface area (Å²) in [5.41, 5.74) is 0.593. The van der Waals surface area contributed by atoms with Gasteiger partial charge >= 0.3 is 5.97 Å². The maximum atomic E-state index is 12.4. The van der Waals surface area contributed by atoms with Crippen LogP contribution in [0, 0.1) is 6.92 Å². The highest BCUT2D eigenvalue weighted by molar-refractivity contribution is 7.08. The topological polar surface area (TPSA) is 102 Å². The van der Waals surface area contributed by atoms with Crippen molar-refractivity contribution in [2.24, 2.45) is 0 Å². The average molecular weight is 350 g/mol. The lowest BCUT2D eigenvalue weighted by Crippen LogP contribution is -2.51. The van der Waals surface area contributed by atoms with Crippen molar-refractivity contribution in [3.63, 3.8) is 0 Å². The molecule has 1 fully saturated rings. The van der Waals surface area contributed by atoms with Gasteiger partial charge in [-0.05, 0) is 24.8 Å². The lowest BCUT2D eigenvalue weighted by Gasteiger charge is -2.26. The number of carboxylic acids is 1. The molecule has 2 aromatic rings. The summed E-state index contributed by atoms with van der Waals surface area (Å²) in [6, 6.07) is 1.90. The number of carboxylic acid groups (broad SMARTS) is 1. The lowest BCUT2D eigenvalue weighted by molar-refractivity contribution is -0.139. The number of hydrogen-bond acceptors (Lipinski definition) is 6. The van der Waals surface area contributed by atoms with Crippen LogP contribution in [-0.2, 0) is 20.7 Å². The molecule has 1 aliphatic rings. The molecule has 1 unspecified atom stereocenters.